The average molecular weight is 323 g/mol. The van der Waals surface area contributed by atoms with Gasteiger partial charge in [0.1, 0.15) is 12.1 Å². The minimum atomic E-state index is -0.572. The molecule has 2 atom stereocenters. The third kappa shape index (κ3) is 2.64. The number of rotatable bonds is 4. The molecule has 0 radical (unpaired) electrons. The van der Waals surface area contributed by atoms with Crippen LogP contribution in [0.1, 0.15) is 11.3 Å². The first-order valence-electron chi connectivity index (χ1n) is 7.84. The van der Waals surface area contributed by atoms with Gasteiger partial charge < -0.3 is 20.6 Å². The molecule has 122 valence electrons. The standard InChI is InChI=1S/C17H17N5O2/c23-16-14(5-10-7-19-13-4-2-1-3-12(10)13)21-17(24)15(22-16)6-11-8-18-9-20-11/h1-4,7-9,14-15,19H,5-6H2,(H,18,20)(H,21,24)(H,22,23)/t14-,15+/m0/s1. The predicted molar refractivity (Wildman–Crippen MR) is 88.2 cm³/mol. The number of piperazine rings is 1. The molecule has 0 aliphatic carbocycles. The molecule has 24 heavy (non-hydrogen) atoms. The third-order valence-corrected chi connectivity index (χ3v) is 4.34. The van der Waals surface area contributed by atoms with Crippen molar-refractivity contribution in [1.29, 1.82) is 0 Å². The average Bonchev–Trinajstić information content (AvgIpc) is 3.22. The van der Waals surface area contributed by atoms with E-state index >= 15 is 0 Å². The molecule has 1 fully saturated rings. The summed E-state index contributed by atoms with van der Waals surface area (Å²) in [5, 5.41) is 6.71. The Morgan fingerprint density at radius 1 is 0.958 bits per heavy atom. The molecule has 7 nitrogen and oxygen atoms in total. The lowest BCUT2D eigenvalue weighted by Crippen LogP contribution is -2.62. The van der Waals surface area contributed by atoms with Crippen molar-refractivity contribution in [3.63, 3.8) is 0 Å². The summed E-state index contributed by atoms with van der Waals surface area (Å²) >= 11 is 0. The number of fused-ring (bicyclic) bond motifs is 1. The van der Waals surface area contributed by atoms with Crippen LogP contribution < -0.4 is 10.6 Å². The highest BCUT2D eigenvalue weighted by Crippen LogP contribution is 2.20. The van der Waals surface area contributed by atoms with E-state index in [1.165, 1.54) is 0 Å². The van der Waals surface area contributed by atoms with E-state index in [-0.39, 0.29) is 11.8 Å². The number of nitrogens with one attached hydrogen (secondary N) is 4. The van der Waals surface area contributed by atoms with Crippen LogP contribution in [0, 0.1) is 0 Å². The number of hydrogen-bond donors (Lipinski definition) is 4. The smallest absolute Gasteiger partial charge is 0.243 e. The fraction of sp³-hybridized carbons (Fsp3) is 0.235. The van der Waals surface area contributed by atoms with Crippen molar-refractivity contribution in [1.82, 2.24) is 25.6 Å². The molecule has 3 aromatic rings. The highest BCUT2D eigenvalue weighted by atomic mass is 16.2. The molecule has 1 saturated heterocycles. The Hall–Kier alpha value is -3.09. The molecule has 0 bridgehead atoms. The second-order valence-electron chi connectivity index (χ2n) is 5.97. The number of hydrogen-bond acceptors (Lipinski definition) is 3. The Balaban J connectivity index is 1.48. The molecule has 0 unspecified atom stereocenters. The number of H-pyrrole nitrogens is 2. The van der Waals surface area contributed by atoms with Crippen LogP contribution in [-0.2, 0) is 22.4 Å². The number of aromatic amines is 2. The summed E-state index contributed by atoms with van der Waals surface area (Å²) in [7, 11) is 0. The molecule has 1 aliphatic heterocycles. The van der Waals surface area contributed by atoms with Gasteiger partial charge in [-0.1, -0.05) is 18.2 Å². The number of imidazole rings is 1. The fourth-order valence-corrected chi connectivity index (χ4v) is 3.10. The number of amides is 2. The molecule has 0 saturated carbocycles. The second-order valence-corrected chi connectivity index (χ2v) is 5.97. The van der Waals surface area contributed by atoms with Gasteiger partial charge in [0.25, 0.3) is 0 Å². The van der Waals surface area contributed by atoms with Gasteiger partial charge in [0.05, 0.1) is 6.33 Å². The van der Waals surface area contributed by atoms with E-state index in [0.717, 1.165) is 22.2 Å². The van der Waals surface area contributed by atoms with Crippen molar-refractivity contribution in [2.24, 2.45) is 0 Å². The van der Waals surface area contributed by atoms with Crippen LogP contribution in [0.2, 0.25) is 0 Å². The van der Waals surface area contributed by atoms with E-state index in [4.69, 9.17) is 0 Å². The van der Waals surface area contributed by atoms with Crippen molar-refractivity contribution >= 4 is 22.7 Å². The summed E-state index contributed by atoms with van der Waals surface area (Å²) in [6.07, 6.45) is 5.95. The summed E-state index contributed by atoms with van der Waals surface area (Å²) < 4.78 is 0. The van der Waals surface area contributed by atoms with Crippen LogP contribution in [0.5, 0.6) is 0 Å². The van der Waals surface area contributed by atoms with Gasteiger partial charge in [-0.25, -0.2) is 4.98 Å². The highest BCUT2D eigenvalue weighted by molar-refractivity contribution is 5.97. The van der Waals surface area contributed by atoms with Crippen LogP contribution in [0.15, 0.2) is 43.0 Å². The minimum Gasteiger partial charge on any atom is -0.361 e. The SMILES string of the molecule is O=C1N[C@H](Cc2cnc[nH]2)C(=O)N[C@H]1Cc1c[nH]c2ccccc12. The van der Waals surface area contributed by atoms with Crippen LogP contribution >= 0.6 is 0 Å². The van der Waals surface area contributed by atoms with Crippen LogP contribution in [0.3, 0.4) is 0 Å². The van der Waals surface area contributed by atoms with E-state index in [0.29, 0.717) is 12.8 Å². The van der Waals surface area contributed by atoms with Crippen molar-refractivity contribution in [2.45, 2.75) is 24.9 Å². The summed E-state index contributed by atoms with van der Waals surface area (Å²) in [5.41, 5.74) is 2.84. The Bertz CT molecular complexity index is 883. The fourth-order valence-electron chi connectivity index (χ4n) is 3.10. The van der Waals surface area contributed by atoms with Gasteiger partial charge in [-0.05, 0) is 11.6 Å². The molecule has 7 heteroatoms. The van der Waals surface area contributed by atoms with Gasteiger partial charge >= 0.3 is 0 Å². The lowest BCUT2D eigenvalue weighted by atomic mass is 10.00. The molecule has 0 spiro atoms. The van der Waals surface area contributed by atoms with Crippen molar-refractivity contribution < 1.29 is 9.59 Å². The van der Waals surface area contributed by atoms with Crippen LogP contribution in [0.4, 0.5) is 0 Å². The molecule has 4 N–H and O–H groups in total. The summed E-state index contributed by atoms with van der Waals surface area (Å²) in [6, 6.07) is 6.77. The largest absolute Gasteiger partial charge is 0.361 e. The van der Waals surface area contributed by atoms with Crippen molar-refractivity contribution in [2.75, 3.05) is 0 Å². The highest BCUT2D eigenvalue weighted by Gasteiger charge is 2.34. The topological polar surface area (TPSA) is 103 Å². The summed E-state index contributed by atoms with van der Waals surface area (Å²) in [6.45, 7) is 0. The Morgan fingerprint density at radius 3 is 2.46 bits per heavy atom. The van der Waals surface area contributed by atoms with Crippen LogP contribution in [0.25, 0.3) is 10.9 Å². The Morgan fingerprint density at radius 2 is 1.71 bits per heavy atom. The van der Waals surface area contributed by atoms with E-state index < -0.39 is 12.1 Å². The number of benzene rings is 1. The Kier molecular flexibility index (Phi) is 3.53. The quantitative estimate of drug-likeness (QED) is 0.567. The zero-order chi connectivity index (χ0) is 16.5. The summed E-state index contributed by atoms with van der Waals surface area (Å²) in [5.74, 6) is -0.335. The number of nitrogens with zero attached hydrogens (tertiary/aromatic N) is 1. The first-order valence-corrected chi connectivity index (χ1v) is 7.84. The second kappa shape index (κ2) is 5.84. The number of carbonyl (C=O) groups is 2. The van der Waals surface area contributed by atoms with Gasteiger partial charge in [-0.3, -0.25) is 9.59 Å². The van der Waals surface area contributed by atoms with E-state index in [2.05, 4.69) is 25.6 Å². The van der Waals surface area contributed by atoms with Gasteiger partial charge in [-0.15, -0.1) is 0 Å². The first-order chi connectivity index (χ1) is 11.7. The maximum atomic E-state index is 12.4. The van der Waals surface area contributed by atoms with Gasteiger partial charge in [0.15, 0.2) is 0 Å². The number of carbonyl (C=O) groups excluding carboxylic acids is 2. The number of aromatic nitrogens is 3. The summed E-state index contributed by atoms with van der Waals surface area (Å²) in [4.78, 5) is 34.7. The molecule has 4 rings (SSSR count). The van der Waals surface area contributed by atoms with Gasteiger partial charge in [0, 0.05) is 41.8 Å². The molecule has 2 amide bonds. The maximum absolute atomic E-state index is 12.4. The lowest BCUT2D eigenvalue weighted by molar-refractivity contribution is -0.136. The van der Waals surface area contributed by atoms with Crippen molar-refractivity contribution in [3.05, 3.63) is 54.2 Å². The molecule has 1 aliphatic rings. The lowest BCUT2D eigenvalue weighted by Gasteiger charge is -2.29. The van der Waals surface area contributed by atoms with E-state index in [1.54, 1.807) is 12.5 Å². The van der Waals surface area contributed by atoms with Crippen molar-refractivity contribution in [3.8, 4) is 0 Å². The molecular weight excluding hydrogens is 306 g/mol. The zero-order valence-corrected chi connectivity index (χ0v) is 12.9. The number of para-hydroxylation sites is 1. The van der Waals surface area contributed by atoms with Crippen LogP contribution in [-0.4, -0.2) is 38.8 Å². The van der Waals surface area contributed by atoms with Gasteiger partial charge in [0.2, 0.25) is 11.8 Å². The molecular formula is C17H17N5O2. The zero-order valence-electron chi connectivity index (χ0n) is 12.9. The molecule has 3 heterocycles. The third-order valence-electron chi connectivity index (χ3n) is 4.34. The Labute approximate surface area is 137 Å². The maximum Gasteiger partial charge on any atom is 0.243 e. The molecule has 1 aromatic carbocycles. The molecule has 2 aromatic heterocycles. The monoisotopic (exact) mass is 323 g/mol. The minimum absolute atomic E-state index is 0.163. The normalized spacial score (nSPS) is 20.8. The van der Waals surface area contributed by atoms with Gasteiger partial charge in [-0.2, -0.15) is 0 Å². The van der Waals surface area contributed by atoms with E-state index in [1.807, 2.05) is 30.5 Å². The van der Waals surface area contributed by atoms with E-state index in [9.17, 15) is 9.59 Å². The predicted octanol–water partition coefficient (Wildman–Crippen LogP) is 0.659. The first kappa shape index (κ1) is 14.5.